The summed E-state index contributed by atoms with van der Waals surface area (Å²) < 4.78 is 12.8. The van der Waals surface area contributed by atoms with E-state index in [0.717, 1.165) is 0 Å². The molecule has 1 aliphatic heterocycles. The van der Waals surface area contributed by atoms with Crippen LogP contribution in [0.5, 0.6) is 0 Å². The number of amides is 2. The Kier molecular flexibility index (Phi) is 4.05. The first-order valence-corrected chi connectivity index (χ1v) is 6.19. The van der Waals surface area contributed by atoms with Crippen molar-refractivity contribution in [3.05, 3.63) is 53.9 Å². The molecule has 0 aromatic heterocycles. The minimum atomic E-state index is -0.565. The molecule has 1 heterocycles. The summed E-state index contributed by atoms with van der Waals surface area (Å²) in [6, 6.07) is 5.47. The van der Waals surface area contributed by atoms with Crippen molar-refractivity contribution in [1.82, 2.24) is 10.2 Å². The molecule has 0 spiro atoms. The molecule has 0 aliphatic carbocycles. The lowest BCUT2D eigenvalue weighted by Crippen LogP contribution is -2.53. The van der Waals surface area contributed by atoms with Crippen LogP contribution in [0.25, 0.3) is 6.08 Å². The van der Waals surface area contributed by atoms with E-state index in [-0.39, 0.29) is 23.0 Å². The Morgan fingerprint density at radius 2 is 1.95 bits per heavy atom. The molecule has 2 amide bonds. The van der Waals surface area contributed by atoms with E-state index in [2.05, 4.69) is 11.9 Å². The fourth-order valence-corrected chi connectivity index (χ4v) is 1.96. The van der Waals surface area contributed by atoms with Gasteiger partial charge in [-0.25, -0.2) is 4.39 Å². The molecular weight excluding hydrogens is 279 g/mol. The van der Waals surface area contributed by atoms with Crippen molar-refractivity contribution in [3.63, 3.8) is 0 Å². The topological polar surface area (TPSA) is 49.4 Å². The van der Waals surface area contributed by atoms with E-state index in [0.29, 0.717) is 5.56 Å². The second-order valence-corrected chi connectivity index (χ2v) is 4.46. The van der Waals surface area contributed by atoms with Gasteiger partial charge in [-0.3, -0.25) is 19.8 Å². The average molecular weight is 290 g/mol. The third kappa shape index (κ3) is 2.80. The first kappa shape index (κ1) is 14.1. The number of halogens is 1. The molecule has 1 aromatic rings. The molecule has 0 unspecified atom stereocenters. The van der Waals surface area contributed by atoms with Crippen molar-refractivity contribution in [1.29, 1.82) is 0 Å². The van der Waals surface area contributed by atoms with Crippen LogP contribution in [-0.4, -0.2) is 28.4 Å². The lowest BCUT2D eigenvalue weighted by Gasteiger charge is -2.27. The third-order valence-electron chi connectivity index (χ3n) is 2.68. The highest BCUT2D eigenvalue weighted by molar-refractivity contribution is 7.80. The predicted octanol–water partition coefficient (Wildman–Crippen LogP) is 1.64. The Balaban J connectivity index is 2.36. The molecule has 6 heteroatoms. The second-order valence-electron chi connectivity index (χ2n) is 4.07. The van der Waals surface area contributed by atoms with Crippen molar-refractivity contribution in [2.45, 2.75) is 0 Å². The van der Waals surface area contributed by atoms with Gasteiger partial charge in [0.2, 0.25) is 0 Å². The van der Waals surface area contributed by atoms with Crippen LogP contribution in [-0.2, 0) is 9.59 Å². The Bertz CT molecular complexity index is 623. The average Bonchev–Trinajstić information content (AvgIpc) is 2.41. The summed E-state index contributed by atoms with van der Waals surface area (Å²) >= 11 is 4.93. The number of benzene rings is 1. The fourth-order valence-electron chi connectivity index (χ4n) is 1.71. The largest absolute Gasteiger partial charge is 0.298 e. The predicted molar refractivity (Wildman–Crippen MR) is 77.0 cm³/mol. The molecule has 102 valence electrons. The van der Waals surface area contributed by atoms with E-state index < -0.39 is 11.8 Å². The highest BCUT2D eigenvalue weighted by atomic mass is 32.1. The number of hydrogen-bond donors (Lipinski definition) is 1. The van der Waals surface area contributed by atoms with Crippen molar-refractivity contribution in [2.24, 2.45) is 0 Å². The number of nitrogens with one attached hydrogen (secondary N) is 1. The molecule has 1 fully saturated rings. The summed E-state index contributed by atoms with van der Waals surface area (Å²) in [7, 11) is 0. The zero-order valence-corrected chi connectivity index (χ0v) is 11.2. The van der Waals surface area contributed by atoms with Gasteiger partial charge in [-0.05, 0) is 36.0 Å². The van der Waals surface area contributed by atoms with Crippen LogP contribution in [0.4, 0.5) is 4.39 Å². The normalized spacial score (nSPS) is 17.4. The number of rotatable bonds is 3. The van der Waals surface area contributed by atoms with E-state index in [4.69, 9.17) is 12.2 Å². The molecule has 0 saturated carbocycles. The molecule has 1 N–H and O–H groups in total. The van der Waals surface area contributed by atoms with E-state index in [9.17, 15) is 14.0 Å². The van der Waals surface area contributed by atoms with Crippen LogP contribution in [0.15, 0.2) is 42.5 Å². The molecule has 0 radical (unpaired) electrons. The van der Waals surface area contributed by atoms with Gasteiger partial charge in [0.25, 0.3) is 11.8 Å². The first-order valence-electron chi connectivity index (χ1n) is 5.78. The van der Waals surface area contributed by atoms with Crippen molar-refractivity contribution in [2.75, 3.05) is 6.54 Å². The Labute approximate surface area is 120 Å². The summed E-state index contributed by atoms with van der Waals surface area (Å²) in [6.07, 6.45) is 2.91. The number of nitrogens with zero attached hydrogens (tertiary/aromatic N) is 1. The lowest BCUT2D eigenvalue weighted by atomic mass is 10.1. The summed E-state index contributed by atoms with van der Waals surface area (Å²) in [6.45, 7) is 3.74. The molecule has 2 rings (SSSR count). The quantitative estimate of drug-likeness (QED) is 0.398. The number of carbonyl (C=O) groups excluding carboxylic acids is 2. The van der Waals surface area contributed by atoms with Gasteiger partial charge in [-0.1, -0.05) is 18.2 Å². The SMILES string of the molecule is C=CCN1C(=O)/C(=C/c2ccc(F)cc2)C(=O)NC1=S. The fraction of sp³-hybridized carbons (Fsp3) is 0.0714. The van der Waals surface area contributed by atoms with Gasteiger partial charge in [-0.15, -0.1) is 6.58 Å². The minimum Gasteiger partial charge on any atom is -0.298 e. The molecular formula is C14H11FN2O2S. The Hall–Kier alpha value is -2.34. The van der Waals surface area contributed by atoms with E-state index in [1.165, 1.54) is 41.3 Å². The van der Waals surface area contributed by atoms with Crippen LogP contribution >= 0.6 is 12.2 Å². The van der Waals surface area contributed by atoms with Crippen LogP contribution in [0.1, 0.15) is 5.56 Å². The number of thiocarbonyl (C=S) groups is 1. The second kappa shape index (κ2) is 5.75. The Morgan fingerprint density at radius 3 is 2.55 bits per heavy atom. The van der Waals surface area contributed by atoms with Crippen molar-refractivity contribution >= 4 is 35.2 Å². The maximum atomic E-state index is 12.8. The van der Waals surface area contributed by atoms with Crippen LogP contribution in [0.2, 0.25) is 0 Å². The summed E-state index contributed by atoms with van der Waals surface area (Å²) in [5.74, 6) is -1.45. The summed E-state index contributed by atoms with van der Waals surface area (Å²) in [5, 5.41) is 2.49. The standard InChI is InChI=1S/C14H11FN2O2S/c1-2-7-17-13(19)11(12(18)16-14(17)20)8-9-3-5-10(15)6-4-9/h2-6,8H,1,7H2,(H,16,18,20)/b11-8+. The van der Waals surface area contributed by atoms with Crippen molar-refractivity contribution < 1.29 is 14.0 Å². The van der Waals surface area contributed by atoms with Gasteiger partial charge in [0.15, 0.2) is 5.11 Å². The van der Waals surface area contributed by atoms with Crippen LogP contribution in [0, 0.1) is 5.82 Å². The Morgan fingerprint density at radius 1 is 1.30 bits per heavy atom. The third-order valence-corrected chi connectivity index (χ3v) is 3.00. The van der Waals surface area contributed by atoms with Gasteiger partial charge in [0, 0.05) is 6.54 Å². The van der Waals surface area contributed by atoms with E-state index in [1.54, 1.807) is 0 Å². The van der Waals surface area contributed by atoms with Gasteiger partial charge < -0.3 is 0 Å². The molecule has 1 aliphatic rings. The smallest absolute Gasteiger partial charge is 0.265 e. The maximum absolute atomic E-state index is 12.8. The molecule has 20 heavy (non-hydrogen) atoms. The molecule has 1 aromatic carbocycles. The van der Waals surface area contributed by atoms with Crippen LogP contribution in [0.3, 0.4) is 0 Å². The zero-order chi connectivity index (χ0) is 14.7. The van der Waals surface area contributed by atoms with Gasteiger partial charge >= 0.3 is 0 Å². The number of hydrogen-bond acceptors (Lipinski definition) is 3. The molecule has 1 saturated heterocycles. The monoisotopic (exact) mass is 290 g/mol. The van der Waals surface area contributed by atoms with E-state index in [1.807, 2.05) is 0 Å². The molecule has 0 bridgehead atoms. The van der Waals surface area contributed by atoms with E-state index >= 15 is 0 Å². The highest BCUT2D eigenvalue weighted by Gasteiger charge is 2.32. The van der Waals surface area contributed by atoms with Gasteiger partial charge in [-0.2, -0.15) is 0 Å². The maximum Gasteiger partial charge on any atom is 0.265 e. The highest BCUT2D eigenvalue weighted by Crippen LogP contribution is 2.15. The minimum absolute atomic E-state index is 0.0490. The first-order chi connectivity index (χ1) is 9.52. The summed E-state index contributed by atoms with van der Waals surface area (Å²) in [5.41, 5.74) is 0.503. The lowest BCUT2D eigenvalue weighted by molar-refractivity contribution is -0.128. The molecule has 0 atom stereocenters. The zero-order valence-electron chi connectivity index (χ0n) is 10.4. The van der Waals surface area contributed by atoms with Crippen molar-refractivity contribution in [3.8, 4) is 0 Å². The number of carbonyl (C=O) groups is 2. The van der Waals surface area contributed by atoms with Crippen LogP contribution < -0.4 is 5.32 Å². The van der Waals surface area contributed by atoms with Gasteiger partial charge in [0.05, 0.1) is 0 Å². The summed E-state index contributed by atoms with van der Waals surface area (Å²) in [4.78, 5) is 25.3. The molecule has 4 nitrogen and oxygen atoms in total. The van der Waals surface area contributed by atoms with Gasteiger partial charge in [0.1, 0.15) is 11.4 Å².